The molecular weight excluding hydrogens is 370 g/mol. The van der Waals surface area contributed by atoms with Gasteiger partial charge in [-0.2, -0.15) is 0 Å². The van der Waals surface area contributed by atoms with Crippen molar-refractivity contribution in [2.24, 2.45) is 0 Å². The Morgan fingerprint density at radius 1 is 1.18 bits per heavy atom. The van der Waals surface area contributed by atoms with E-state index in [-0.39, 0.29) is 18.4 Å². The number of thiazole rings is 1. The zero-order chi connectivity index (χ0) is 19.3. The standard InChI is InChI=1S/C21H19N5OS/c1-15(16-4-6-19(7-5-16)26-10-9-23-14-26)24-20(27)11-18-13-28-21(25-18)17-3-2-8-22-12-17/h2-10,12-15H,11H2,1H3,(H,24,27). The second-order valence-corrected chi connectivity index (χ2v) is 7.27. The van der Waals surface area contributed by atoms with Crippen molar-refractivity contribution in [1.29, 1.82) is 0 Å². The lowest BCUT2D eigenvalue weighted by atomic mass is 10.1. The van der Waals surface area contributed by atoms with Crippen LogP contribution in [0.1, 0.15) is 24.2 Å². The smallest absolute Gasteiger partial charge is 0.226 e. The Hall–Kier alpha value is -3.32. The highest BCUT2D eigenvalue weighted by Crippen LogP contribution is 2.23. The van der Waals surface area contributed by atoms with E-state index < -0.39 is 0 Å². The molecule has 0 aliphatic heterocycles. The molecule has 0 aliphatic rings. The van der Waals surface area contributed by atoms with E-state index >= 15 is 0 Å². The molecule has 28 heavy (non-hydrogen) atoms. The molecule has 0 saturated carbocycles. The van der Waals surface area contributed by atoms with E-state index in [4.69, 9.17) is 0 Å². The number of carbonyl (C=O) groups excluding carboxylic acids is 1. The third kappa shape index (κ3) is 4.15. The Morgan fingerprint density at radius 3 is 2.75 bits per heavy atom. The van der Waals surface area contributed by atoms with Gasteiger partial charge in [-0.25, -0.2) is 9.97 Å². The van der Waals surface area contributed by atoms with Crippen molar-refractivity contribution in [3.05, 3.63) is 84.2 Å². The van der Waals surface area contributed by atoms with Crippen LogP contribution in [0.3, 0.4) is 0 Å². The van der Waals surface area contributed by atoms with Gasteiger partial charge in [0.25, 0.3) is 0 Å². The van der Waals surface area contributed by atoms with E-state index in [9.17, 15) is 4.79 Å². The van der Waals surface area contributed by atoms with Crippen LogP contribution in [0.4, 0.5) is 0 Å². The summed E-state index contributed by atoms with van der Waals surface area (Å²) >= 11 is 1.52. The number of nitrogens with zero attached hydrogens (tertiary/aromatic N) is 4. The fourth-order valence-corrected chi connectivity index (χ4v) is 3.71. The van der Waals surface area contributed by atoms with Gasteiger partial charge in [-0.15, -0.1) is 11.3 Å². The SMILES string of the molecule is CC(NC(=O)Cc1csc(-c2cccnc2)n1)c1ccc(-n2ccnc2)cc1. The number of rotatable bonds is 6. The molecule has 4 rings (SSSR count). The predicted octanol–water partition coefficient (Wildman–Crippen LogP) is 3.81. The molecule has 0 fully saturated rings. The monoisotopic (exact) mass is 389 g/mol. The maximum atomic E-state index is 12.4. The van der Waals surface area contributed by atoms with Crippen LogP contribution < -0.4 is 5.32 Å². The van der Waals surface area contributed by atoms with E-state index in [2.05, 4.69) is 20.3 Å². The van der Waals surface area contributed by atoms with Gasteiger partial charge in [-0.1, -0.05) is 12.1 Å². The maximum absolute atomic E-state index is 12.4. The minimum absolute atomic E-state index is 0.0470. The zero-order valence-electron chi connectivity index (χ0n) is 15.3. The third-order valence-corrected chi connectivity index (χ3v) is 5.32. The summed E-state index contributed by atoms with van der Waals surface area (Å²) in [6.45, 7) is 1.98. The second kappa shape index (κ2) is 8.14. The molecule has 3 heterocycles. The summed E-state index contributed by atoms with van der Waals surface area (Å²) in [5.41, 5.74) is 3.81. The van der Waals surface area contributed by atoms with Crippen LogP contribution in [0.25, 0.3) is 16.3 Å². The number of imidazole rings is 1. The topological polar surface area (TPSA) is 72.7 Å². The van der Waals surface area contributed by atoms with Crippen molar-refractivity contribution in [2.45, 2.75) is 19.4 Å². The summed E-state index contributed by atoms with van der Waals surface area (Å²) in [5.74, 6) is -0.0470. The molecule has 1 unspecified atom stereocenters. The number of hydrogen-bond acceptors (Lipinski definition) is 5. The first-order chi connectivity index (χ1) is 13.7. The largest absolute Gasteiger partial charge is 0.349 e. The Bertz CT molecular complexity index is 1040. The van der Waals surface area contributed by atoms with Gasteiger partial charge in [-0.3, -0.25) is 9.78 Å². The van der Waals surface area contributed by atoms with E-state index in [1.54, 1.807) is 24.9 Å². The molecule has 3 aromatic heterocycles. The van der Waals surface area contributed by atoms with Gasteiger partial charge in [0.15, 0.2) is 0 Å². The molecule has 140 valence electrons. The first-order valence-electron chi connectivity index (χ1n) is 8.91. The van der Waals surface area contributed by atoms with E-state index in [0.29, 0.717) is 0 Å². The van der Waals surface area contributed by atoms with Crippen LogP contribution in [0, 0.1) is 0 Å². The summed E-state index contributed by atoms with van der Waals surface area (Å²) in [6, 6.07) is 11.8. The highest BCUT2D eigenvalue weighted by atomic mass is 32.1. The number of pyridine rings is 1. The molecule has 0 saturated heterocycles. The Balaban J connectivity index is 1.36. The van der Waals surface area contributed by atoms with Gasteiger partial charge in [0, 0.05) is 41.4 Å². The van der Waals surface area contributed by atoms with Crippen molar-refractivity contribution >= 4 is 17.2 Å². The molecule has 7 heteroatoms. The van der Waals surface area contributed by atoms with Crippen LogP contribution >= 0.6 is 11.3 Å². The fraction of sp³-hybridized carbons (Fsp3) is 0.143. The van der Waals surface area contributed by atoms with Crippen molar-refractivity contribution in [2.75, 3.05) is 0 Å². The summed E-state index contributed by atoms with van der Waals surface area (Å²) < 4.78 is 1.94. The molecular formula is C21H19N5OS. The van der Waals surface area contributed by atoms with Gasteiger partial charge in [0.2, 0.25) is 5.91 Å². The van der Waals surface area contributed by atoms with Crippen LogP contribution in [0.2, 0.25) is 0 Å². The molecule has 6 nitrogen and oxygen atoms in total. The number of carbonyl (C=O) groups is 1. The van der Waals surface area contributed by atoms with Gasteiger partial charge in [0.1, 0.15) is 5.01 Å². The predicted molar refractivity (Wildman–Crippen MR) is 109 cm³/mol. The minimum atomic E-state index is -0.0826. The lowest BCUT2D eigenvalue weighted by molar-refractivity contribution is -0.121. The number of benzene rings is 1. The van der Waals surface area contributed by atoms with Crippen molar-refractivity contribution in [3.8, 4) is 16.3 Å². The molecule has 1 N–H and O–H groups in total. The third-order valence-electron chi connectivity index (χ3n) is 4.38. The number of nitrogens with one attached hydrogen (secondary N) is 1. The van der Waals surface area contributed by atoms with E-state index in [1.165, 1.54) is 11.3 Å². The van der Waals surface area contributed by atoms with Gasteiger partial charge in [-0.05, 0) is 36.8 Å². The summed E-state index contributed by atoms with van der Waals surface area (Å²) in [4.78, 5) is 25.1. The average Bonchev–Trinajstić information content (AvgIpc) is 3.41. The lowest BCUT2D eigenvalue weighted by Crippen LogP contribution is -2.28. The maximum Gasteiger partial charge on any atom is 0.226 e. The normalized spacial score (nSPS) is 11.9. The number of hydrogen-bond donors (Lipinski definition) is 1. The first-order valence-corrected chi connectivity index (χ1v) is 9.79. The lowest BCUT2D eigenvalue weighted by Gasteiger charge is -2.14. The molecule has 0 aliphatic carbocycles. The van der Waals surface area contributed by atoms with Crippen molar-refractivity contribution in [3.63, 3.8) is 0 Å². The summed E-state index contributed by atoms with van der Waals surface area (Å²) in [7, 11) is 0. The van der Waals surface area contributed by atoms with Gasteiger partial charge < -0.3 is 9.88 Å². The zero-order valence-corrected chi connectivity index (χ0v) is 16.1. The quantitative estimate of drug-likeness (QED) is 0.544. The number of amides is 1. The van der Waals surface area contributed by atoms with Gasteiger partial charge in [0.05, 0.1) is 24.5 Å². The molecule has 1 atom stereocenters. The molecule has 1 amide bonds. The summed E-state index contributed by atoms with van der Waals surface area (Å²) in [6.07, 6.45) is 9.16. The fourth-order valence-electron chi connectivity index (χ4n) is 2.90. The van der Waals surface area contributed by atoms with Crippen LogP contribution in [-0.4, -0.2) is 25.4 Å². The highest BCUT2D eigenvalue weighted by Gasteiger charge is 2.13. The highest BCUT2D eigenvalue weighted by molar-refractivity contribution is 7.13. The molecule has 0 spiro atoms. The van der Waals surface area contributed by atoms with Crippen molar-refractivity contribution < 1.29 is 4.79 Å². The Morgan fingerprint density at radius 2 is 2.04 bits per heavy atom. The summed E-state index contributed by atoms with van der Waals surface area (Å²) in [5, 5.41) is 5.84. The van der Waals surface area contributed by atoms with Crippen LogP contribution in [-0.2, 0) is 11.2 Å². The van der Waals surface area contributed by atoms with E-state index in [0.717, 1.165) is 27.5 Å². The average molecular weight is 389 g/mol. The molecule has 0 radical (unpaired) electrons. The number of aromatic nitrogens is 4. The minimum Gasteiger partial charge on any atom is -0.349 e. The molecule has 0 bridgehead atoms. The van der Waals surface area contributed by atoms with Crippen LogP contribution in [0.15, 0.2) is 72.9 Å². The van der Waals surface area contributed by atoms with E-state index in [1.807, 2.05) is 59.5 Å². The van der Waals surface area contributed by atoms with Gasteiger partial charge >= 0.3 is 0 Å². The molecule has 1 aromatic carbocycles. The van der Waals surface area contributed by atoms with Crippen molar-refractivity contribution in [1.82, 2.24) is 24.8 Å². The molecule has 4 aromatic rings. The Labute approximate surface area is 166 Å². The Kier molecular flexibility index (Phi) is 5.25. The van der Waals surface area contributed by atoms with Crippen LogP contribution in [0.5, 0.6) is 0 Å². The second-order valence-electron chi connectivity index (χ2n) is 6.41. The first kappa shape index (κ1) is 18.1.